The van der Waals surface area contributed by atoms with E-state index in [2.05, 4.69) is 0 Å². The molecule has 0 aromatic heterocycles. The summed E-state index contributed by atoms with van der Waals surface area (Å²) >= 11 is -5.16. The molecule has 1 aromatic rings. The first-order chi connectivity index (χ1) is 6.43. The Morgan fingerprint density at radius 3 is 1.57 bits per heavy atom. The van der Waals surface area contributed by atoms with E-state index in [1.807, 2.05) is 0 Å². The van der Waals surface area contributed by atoms with Crippen LogP contribution in [0.4, 0.5) is 11.4 Å². The molecule has 6 nitrogen and oxygen atoms in total. The molecule has 2 atom stereocenters. The van der Waals surface area contributed by atoms with Crippen molar-refractivity contribution >= 4 is 33.5 Å². The summed E-state index contributed by atoms with van der Waals surface area (Å²) in [7, 11) is 0. The molecule has 1 rings (SSSR count). The van der Waals surface area contributed by atoms with Crippen LogP contribution in [0.15, 0.2) is 21.9 Å². The first kappa shape index (κ1) is 11.1. The quantitative estimate of drug-likeness (QED) is 0.515. The molecule has 1 aromatic carbocycles. The minimum Gasteiger partial charge on any atom is -0.768 e. The molecule has 8 heteroatoms. The second-order valence-electron chi connectivity index (χ2n) is 2.40. The van der Waals surface area contributed by atoms with Crippen molar-refractivity contribution in [2.75, 3.05) is 11.5 Å². The summed E-state index contributed by atoms with van der Waals surface area (Å²) in [4.78, 5) is -0.559. The summed E-state index contributed by atoms with van der Waals surface area (Å²) in [6, 6.07) is 2.01. The average molecular weight is 234 g/mol. The molecule has 0 saturated carbocycles. The maximum atomic E-state index is 10.6. The zero-order valence-corrected chi connectivity index (χ0v) is 8.39. The van der Waals surface area contributed by atoms with Crippen molar-refractivity contribution in [2.24, 2.45) is 0 Å². The molecule has 0 spiro atoms. The molecule has 0 heterocycles. The fraction of sp³-hybridized carbons (Fsp3) is 0. The van der Waals surface area contributed by atoms with Crippen LogP contribution in [0.5, 0.6) is 0 Å². The van der Waals surface area contributed by atoms with Crippen molar-refractivity contribution < 1.29 is 17.5 Å². The molecule has 2 unspecified atom stereocenters. The Hall–Kier alpha value is -0.960. The molecular formula is C6H6N2O4S2-2. The van der Waals surface area contributed by atoms with Gasteiger partial charge in [0.25, 0.3) is 0 Å². The van der Waals surface area contributed by atoms with Crippen molar-refractivity contribution in [2.45, 2.75) is 9.79 Å². The van der Waals surface area contributed by atoms with Gasteiger partial charge >= 0.3 is 0 Å². The minimum atomic E-state index is -2.58. The first-order valence-corrected chi connectivity index (χ1v) is 5.46. The van der Waals surface area contributed by atoms with Crippen LogP contribution in [0.1, 0.15) is 0 Å². The summed E-state index contributed by atoms with van der Waals surface area (Å²) in [5, 5.41) is 0. The summed E-state index contributed by atoms with van der Waals surface area (Å²) in [5.41, 5.74) is 10.5. The number of rotatable bonds is 2. The molecule has 0 aliphatic heterocycles. The number of nitrogen functional groups attached to an aromatic ring is 2. The van der Waals surface area contributed by atoms with Crippen LogP contribution in [0.3, 0.4) is 0 Å². The SMILES string of the molecule is Nc1cc(N)c(S(=O)[O-])cc1S(=O)[O-]. The minimum absolute atomic E-state index is 0.0787. The third-order valence-electron chi connectivity index (χ3n) is 1.50. The van der Waals surface area contributed by atoms with Crippen LogP contribution in [0.25, 0.3) is 0 Å². The molecule has 4 N–H and O–H groups in total. The van der Waals surface area contributed by atoms with Gasteiger partial charge in [0.05, 0.1) is 0 Å². The van der Waals surface area contributed by atoms with Gasteiger partial charge in [0.1, 0.15) is 0 Å². The fourth-order valence-electron chi connectivity index (χ4n) is 0.884. The fourth-order valence-corrected chi connectivity index (χ4v) is 1.89. The van der Waals surface area contributed by atoms with Crippen LogP contribution < -0.4 is 11.5 Å². The monoisotopic (exact) mass is 234 g/mol. The van der Waals surface area contributed by atoms with Crippen molar-refractivity contribution in [1.29, 1.82) is 0 Å². The van der Waals surface area contributed by atoms with Crippen LogP contribution in [0, 0.1) is 0 Å². The summed E-state index contributed by atoms with van der Waals surface area (Å²) in [6.45, 7) is 0. The molecular weight excluding hydrogens is 228 g/mol. The first-order valence-electron chi connectivity index (χ1n) is 3.31. The average Bonchev–Trinajstić information content (AvgIpc) is 2.02. The lowest BCUT2D eigenvalue weighted by atomic mass is 10.3. The van der Waals surface area contributed by atoms with E-state index in [0.717, 1.165) is 12.1 Å². The molecule has 0 radical (unpaired) electrons. The Morgan fingerprint density at radius 2 is 1.29 bits per heavy atom. The summed E-state index contributed by atoms with van der Waals surface area (Å²) in [5.74, 6) is 0. The third kappa shape index (κ3) is 2.10. The third-order valence-corrected chi connectivity index (χ3v) is 2.93. The zero-order valence-electron chi connectivity index (χ0n) is 6.76. The van der Waals surface area contributed by atoms with Gasteiger partial charge in [-0.2, -0.15) is 0 Å². The smallest absolute Gasteiger partial charge is 0.0491 e. The predicted octanol–water partition coefficient (Wildman–Crippen LogP) is -0.673. The molecule has 0 saturated heterocycles. The lowest BCUT2D eigenvalue weighted by molar-refractivity contribution is 0.535. The lowest BCUT2D eigenvalue weighted by Crippen LogP contribution is -2.03. The predicted molar refractivity (Wildman–Crippen MR) is 49.6 cm³/mol. The maximum absolute atomic E-state index is 10.6. The standard InChI is InChI=1S/C6H8N2O4S2/c7-3-1-4(8)6(14(11)12)2-5(3)13(9)10/h1-2H,7-8H2,(H,9,10)(H,11,12)/p-2. The molecule has 0 aliphatic carbocycles. The molecule has 0 aliphatic rings. The Balaban J connectivity index is 3.42. The van der Waals surface area contributed by atoms with Gasteiger partial charge in [-0.25, -0.2) is 0 Å². The zero-order chi connectivity index (χ0) is 10.9. The molecule has 0 bridgehead atoms. The topological polar surface area (TPSA) is 132 Å². The van der Waals surface area contributed by atoms with E-state index in [9.17, 15) is 17.5 Å². The molecule has 14 heavy (non-hydrogen) atoms. The van der Waals surface area contributed by atoms with Gasteiger partial charge in [0, 0.05) is 21.2 Å². The second-order valence-corrected chi connectivity index (χ2v) is 4.22. The van der Waals surface area contributed by atoms with Crippen LogP contribution in [-0.2, 0) is 22.2 Å². The van der Waals surface area contributed by atoms with Crippen molar-refractivity contribution in [3.8, 4) is 0 Å². The van der Waals surface area contributed by atoms with Crippen molar-refractivity contribution in [3.05, 3.63) is 12.1 Å². The van der Waals surface area contributed by atoms with E-state index < -0.39 is 22.2 Å². The Labute approximate surface area is 84.9 Å². The second kappa shape index (κ2) is 4.05. The Kier molecular flexibility index (Phi) is 3.21. The largest absolute Gasteiger partial charge is 0.768 e. The van der Waals surface area contributed by atoms with E-state index >= 15 is 0 Å². The van der Waals surface area contributed by atoms with E-state index in [4.69, 9.17) is 11.5 Å². The number of hydrogen-bond acceptors (Lipinski definition) is 6. The lowest BCUT2D eigenvalue weighted by Gasteiger charge is -2.14. The molecule has 0 amide bonds. The van der Waals surface area contributed by atoms with E-state index in [1.54, 1.807) is 0 Å². The van der Waals surface area contributed by atoms with E-state index in [-0.39, 0.29) is 21.2 Å². The van der Waals surface area contributed by atoms with E-state index in [1.165, 1.54) is 0 Å². The number of nitrogens with two attached hydrogens (primary N) is 2. The summed E-state index contributed by atoms with van der Waals surface area (Å²) < 4.78 is 42.3. The van der Waals surface area contributed by atoms with Crippen molar-refractivity contribution in [3.63, 3.8) is 0 Å². The van der Waals surface area contributed by atoms with Gasteiger partial charge in [-0.15, -0.1) is 0 Å². The highest BCUT2D eigenvalue weighted by molar-refractivity contribution is 7.80. The highest BCUT2D eigenvalue weighted by Gasteiger charge is 2.06. The molecule has 0 fully saturated rings. The highest BCUT2D eigenvalue weighted by atomic mass is 32.2. The van der Waals surface area contributed by atoms with Crippen LogP contribution in [-0.4, -0.2) is 17.5 Å². The normalized spacial score (nSPS) is 15.0. The van der Waals surface area contributed by atoms with E-state index in [0.29, 0.717) is 0 Å². The van der Waals surface area contributed by atoms with Crippen molar-refractivity contribution in [1.82, 2.24) is 0 Å². The molecule has 78 valence electrons. The van der Waals surface area contributed by atoms with Gasteiger partial charge in [0.2, 0.25) is 0 Å². The Bertz CT molecular complexity index is 385. The number of hydrogen-bond donors (Lipinski definition) is 2. The Morgan fingerprint density at radius 1 is 0.929 bits per heavy atom. The number of anilines is 2. The van der Waals surface area contributed by atoms with Gasteiger partial charge in [-0.05, 0) is 34.3 Å². The van der Waals surface area contributed by atoms with Crippen LogP contribution >= 0.6 is 0 Å². The van der Waals surface area contributed by atoms with Gasteiger partial charge < -0.3 is 20.6 Å². The highest BCUT2D eigenvalue weighted by Crippen LogP contribution is 2.25. The number of benzene rings is 1. The van der Waals surface area contributed by atoms with Crippen LogP contribution in [0.2, 0.25) is 0 Å². The van der Waals surface area contributed by atoms with Gasteiger partial charge in [-0.1, -0.05) is 0 Å². The van der Waals surface area contributed by atoms with Gasteiger partial charge in [0.15, 0.2) is 0 Å². The van der Waals surface area contributed by atoms with Gasteiger partial charge in [-0.3, -0.25) is 8.42 Å². The maximum Gasteiger partial charge on any atom is 0.0491 e. The summed E-state index contributed by atoms with van der Waals surface area (Å²) in [6.07, 6.45) is 0.